The third-order valence-electron chi connectivity index (χ3n) is 2.24. The van der Waals surface area contributed by atoms with E-state index in [-0.39, 0.29) is 0 Å². The van der Waals surface area contributed by atoms with E-state index in [2.05, 4.69) is 6.92 Å². The third kappa shape index (κ3) is 11.2. The van der Waals surface area contributed by atoms with Crippen molar-refractivity contribution in [3.63, 3.8) is 0 Å². The van der Waals surface area contributed by atoms with E-state index in [1.807, 2.05) is 0 Å². The second-order valence-corrected chi connectivity index (χ2v) is 11.1. The van der Waals surface area contributed by atoms with Gasteiger partial charge in [0.1, 0.15) is 0 Å². The van der Waals surface area contributed by atoms with Gasteiger partial charge < -0.3 is 0 Å². The fourth-order valence-electron chi connectivity index (χ4n) is 1.41. The van der Waals surface area contributed by atoms with Crippen LogP contribution in [0.2, 0.25) is 3.93 Å². The summed E-state index contributed by atoms with van der Waals surface area (Å²) in [6.07, 6.45) is 11.5. The maximum absolute atomic E-state index is 5.81. The van der Waals surface area contributed by atoms with E-state index >= 15 is 0 Å². The zero-order valence-electron chi connectivity index (χ0n) is 8.45. The molecule has 0 aromatic carbocycles. The first kappa shape index (κ1) is 13.2. The Morgan fingerprint density at radius 3 is 1.83 bits per heavy atom. The topological polar surface area (TPSA) is 0 Å². The van der Waals surface area contributed by atoms with E-state index in [9.17, 15) is 0 Å². The van der Waals surface area contributed by atoms with Crippen molar-refractivity contribution in [3.8, 4) is 0 Å². The average molecular weight is 377 g/mol. The monoisotopic (exact) mass is 378 g/mol. The fourth-order valence-corrected chi connectivity index (χ4v) is 5.17. The predicted molar refractivity (Wildman–Crippen MR) is 53.3 cm³/mol. The molecule has 0 aliphatic heterocycles. The zero-order chi connectivity index (χ0) is 9.07. The SMILES string of the molecule is CCCCCCCCC[CH2][Hg][Cl]. The molecular weight excluding hydrogens is 356 g/mol. The molecule has 0 saturated carbocycles. The molecule has 0 aliphatic carbocycles. The molecule has 0 nitrogen and oxygen atoms in total. The van der Waals surface area contributed by atoms with Gasteiger partial charge in [-0.2, -0.15) is 0 Å². The number of hydrogen-bond acceptors (Lipinski definition) is 0. The van der Waals surface area contributed by atoms with Crippen molar-refractivity contribution in [3.05, 3.63) is 0 Å². The van der Waals surface area contributed by atoms with Gasteiger partial charge in [-0.3, -0.25) is 0 Å². The molecule has 0 aliphatic rings. The zero-order valence-corrected chi connectivity index (χ0v) is 14.7. The number of unbranched alkanes of at least 4 members (excludes halogenated alkanes) is 7. The van der Waals surface area contributed by atoms with Crippen molar-refractivity contribution in [1.82, 2.24) is 0 Å². The van der Waals surface area contributed by atoms with Crippen LogP contribution in [0.25, 0.3) is 0 Å². The summed E-state index contributed by atoms with van der Waals surface area (Å²) in [5.41, 5.74) is 0. The number of hydrogen-bond donors (Lipinski definition) is 0. The van der Waals surface area contributed by atoms with Gasteiger partial charge in [0.05, 0.1) is 0 Å². The van der Waals surface area contributed by atoms with Gasteiger partial charge in [-0.15, -0.1) is 0 Å². The Balaban J connectivity index is 2.73. The van der Waals surface area contributed by atoms with Crippen molar-refractivity contribution >= 4 is 8.25 Å². The van der Waals surface area contributed by atoms with Gasteiger partial charge in [-0.25, -0.2) is 0 Å². The van der Waals surface area contributed by atoms with Crippen LogP contribution in [0.3, 0.4) is 0 Å². The van der Waals surface area contributed by atoms with Crippen molar-refractivity contribution in [1.29, 1.82) is 0 Å². The van der Waals surface area contributed by atoms with Crippen LogP contribution in [0.1, 0.15) is 58.3 Å². The maximum atomic E-state index is 5.81. The first-order valence-corrected chi connectivity index (χ1v) is 16.1. The Kier molecular flexibility index (Phi) is 13.5. The van der Waals surface area contributed by atoms with Crippen molar-refractivity contribution in [2.45, 2.75) is 62.2 Å². The molecule has 0 N–H and O–H groups in total. The summed E-state index contributed by atoms with van der Waals surface area (Å²) in [4.78, 5) is 0. The molecular formula is C10H21ClHg. The molecule has 0 fully saturated rings. The van der Waals surface area contributed by atoms with E-state index in [0.717, 1.165) is 0 Å². The molecule has 0 rings (SSSR count). The summed E-state index contributed by atoms with van der Waals surface area (Å²) in [6, 6.07) is 0. The predicted octanol–water partition coefficient (Wildman–Crippen LogP) is 4.78. The second-order valence-electron chi connectivity index (χ2n) is 3.52. The van der Waals surface area contributed by atoms with E-state index in [0.29, 0.717) is 0 Å². The van der Waals surface area contributed by atoms with E-state index in [4.69, 9.17) is 8.25 Å². The molecule has 0 aromatic rings. The second kappa shape index (κ2) is 12.2. The van der Waals surface area contributed by atoms with Crippen molar-refractivity contribution in [2.75, 3.05) is 0 Å². The van der Waals surface area contributed by atoms with Gasteiger partial charge in [0.2, 0.25) is 0 Å². The molecule has 0 heterocycles. The molecule has 0 amide bonds. The van der Waals surface area contributed by atoms with Crippen LogP contribution in [0.5, 0.6) is 0 Å². The Bertz CT molecular complexity index is 66.2. The van der Waals surface area contributed by atoms with Crippen LogP contribution in [-0.4, -0.2) is 0 Å². The first-order valence-electron chi connectivity index (χ1n) is 5.47. The van der Waals surface area contributed by atoms with E-state index in [1.54, 1.807) is 0 Å². The molecule has 0 unspecified atom stereocenters. The van der Waals surface area contributed by atoms with E-state index in [1.165, 1.54) is 55.3 Å². The van der Waals surface area contributed by atoms with Crippen LogP contribution >= 0.6 is 8.25 Å². The molecule has 0 aromatic heterocycles. The Hall–Kier alpha value is 1.23. The molecule has 12 heavy (non-hydrogen) atoms. The van der Waals surface area contributed by atoms with Crippen molar-refractivity contribution < 1.29 is 23.3 Å². The summed E-state index contributed by atoms with van der Waals surface area (Å²) in [5, 5.41) is 0. The summed E-state index contributed by atoms with van der Waals surface area (Å²) in [6.45, 7) is 2.27. The first-order chi connectivity index (χ1) is 5.91. The average Bonchev–Trinajstić information content (AvgIpc) is 2.10. The minimum atomic E-state index is -0.764. The number of rotatable bonds is 9. The third-order valence-corrected chi connectivity index (χ3v) is 7.57. The Morgan fingerprint density at radius 2 is 1.33 bits per heavy atom. The normalized spacial score (nSPS) is 9.83. The summed E-state index contributed by atoms with van der Waals surface area (Å²) >= 11 is -0.764. The summed E-state index contributed by atoms with van der Waals surface area (Å²) < 4.78 is 1.43. The van der Waals surface area contributed by atoms with Crippen LogP contribution < -0.4 is 0 Å². The standard InChI is InChI=1S/C10H21.ClH.Hg/c1-3-5-7-9-10-8-6-4-2;;/h1,3-10H2,2H3;1H;/q;;+1/p-1. The van der Waals surface area contributed by atoms with Crippen LogP contribution in [0, 0.1) is 0 Å². The molecule has 0 spiro atoms. The molecule has 70 valence electrons. The van der Waals surface area contributed by atoms with Gasteiger partial charge in [0.25, 0.3) is 0 Å². The molecule has 0 bridgehead atoms. The minimum absolute atomic E-state index is 0.764. The van der Waals surface area contributed by atoms with Crippen molar-refractivity contribution in [2.24, 2.45) is 0 Å². The van der Waals surface area contributed by atoms with Crippen LogP contribution in [-0.2, 0) is 23.3 Å². The van der Waals surface area contributed by atoms with Gasteiger partial charge in [-0.1, -0.05) is 0 Å². The molecule has 0 radical (unpaired) electrons. The number of halogens is 1. The van der Waals surface area contributed by atoms with Crippen LogP contribution in [0.4, 0.5) is 0 Å². The summed E-state index contributed by atoms with van der Waals surface area (Å²) in [5.74, 6) is 0. The summed E-state index contributed by atoms with van der Waals surface area (Å²) in [7, 11) is 5.81. The Labute approximate surface area is 93.3 Å². The quantitative estimate of drug-likeness (QED) is 0.401. The molecule has 0 saturated heterocycles. The van der Waals surface area contributed by atoms with Gasteiger partial charge in [0.15, 0.2) is 0 Å². The van der Waals surface area contributed by atoms with Crippen LogP contribution in [0.15, 0.2) is 0 Å². The van der Waals surface area contributed by atoms with Gasteiger partial charge in [0, 0.05) is 0 Å². The van der Waals surface area contributed by atoms with Gasteiger partial charge >= 0.3 is 93.8 Å². The molecule has 0 atom stereocenters. The Morgan fingerprint density at radius 1 is 0.833 bits per heavy atom. The van der Waals surface area contributed by atoms with E-state index < -0.39 is 23.3 Å². The molecule has 2 heteroatoms. The fraction of sp³-hybridized carbons (Fsp3) is 1.00. The van der Waals surface area contributed by atoms with Gasteiger partial charge in [-0.05, 0) is 0 Å².